The molecule has 0 N–H and O–H groups in total. The molecule has 0 saturated heterocycles. The highest BCUT2D eigenvalue weighted by atomic mass is 32.1. The minimum Gasteiger partial charge on any atom is -0.467 e. The van der Waals surface area contributed by atoms with Crippen LogP contribution in [-0.2, 0) is 4.74 Å². The lowest BCUT2D eigenvalue weighted by atomic mass is 10.2. The quantitative estimate of drug-likeness (QED) is 0.512. The molecule has 0 saturated carbocycles. The van der Waals surface area contributed by atoms with Gasteiger partial charge >= 0.3 is 0 Å². The fourth-order valence-electron chi connectivity index (χ4n) is 1.22. The fraction of sp³-hybridized carbons (Fsp3) is 0.700. The van der Waals surface area contributed by atoms with E-state index >= 15 is 0 Å². The average Bonchev–Trinajstić information content (AvgIpc) is 1.99. The van der Waals surface area contributed by atoms with Gasteiger partial charge in [0, 0.05) is 12.1 Å². The maximum Gasteiger partial charge on any atom is 0.260 e. The van der Waals surface area contributed by atoms with E-state index in [1.54, 1.807) is 6.08 Å². The number of hydrogen-bond acceptors (Lipinski definition) is 2. The first-order valence-corrected chi connectivity index (χ1v) is 4.97. The summed E-state index contributed by atoms with van der Waals surface area (Å²) in [5.74, 6) is 0. The molecule has 0 unspecified atom stereocenters. The molecule has 0 aliphatic carbocycles. The first kappa shape index (κ1) is 12.4. The number of thiocarbonyl (C=S) groups is 1. The zero-order valence-corrected chi connectivity index (χ0v) is 9.73. The van der Waals surface area contributed by atoms with Crippen LogP contribution in [-0.4, -0.2) is 28.8 Å². The van der Waals surface area contributed by atoms with Crippen LogP contribution in [0.2, 0.25) is 0 Å². The Morgan fingerprint density at radius 1 is 1.38 bits per heavy atom. The highest BCUT2D eigenvalue weighted by Gasteiger charge is 2.17. The van der Waals surface area contributed by atoms with Gasteiger partial charge in [-0.2, -0.15) is 0 Å². The molecule has 0 heterocycles. The number of rotatable bonds is 4. The van der Waals surface area contributed by atoms with Gasteiger partial charge in [0.25, 0.3) is 5.17 Å². The smallest absolute Gasteiger partial charge is 0.260 e. The van der Waals surface area contributed by atoms with Crippen LogP contribution >= 0.6 is 12.2 Å². The normalized spacial score (nSPS) is 10.3. The molecule has 0 bridgehead atoms. The van der Waals surface area contributed by atoms with E-state index in [1.165, 1.54) is 0 Å². The molecule has 0 rings (SSSR count). The van der Waals surface area contributed by atoms with Gasteiger partial charge < -0.3 is 9.64 Å². The second kappa shape index (κ2) is 5.97. The number of nitrogens with zero attached hydrogens (tertiary/aromatic N) is 1. The van der Waals surface area contributed by atoms with E-state index in [9.17, 15) is 0 Å². The van der Waals surface area contributed by atoms with E-state index < -0.39 is 0 Å². The Labute approximate surface area is 86.6 Å². The molecule has 0 amide bonds. The van der Waals surface area contributed by atoms with Crippen LogP contribution in [0.5, 0.6) is 0 Å². The van der Waals surface area contributed by atoms with Gasteiger partial charge in [-0.3, -0.25) is 0 Å². The molecule has 0 aliphatic heterocycles. The molecule has 0 fully saturated rings. The van der Waals surface area contributed by atoms with E-state index in [-0.39, 0.29) is 0 Å². The Kier molecular flexibility index (Phi) is 5.71. The minimum absolute atomic E-state index is 0.373. The van der Waals surface area contributed by atoms with Crippen LogP contribution in [0.15, 0.2) is 12.7 Å². The van der Waals surface area contributed by atoms with Gasteiger partial charge in [0.15, 0.2) is 0 Å². The molecule has 3 heteroatoms. The van der Waals surface area contributed by atoms with Gasteiger partial charge in [0.05, 0.1) is 0 Å². The maximum atomic E-state index is 5.32. The van der Waals surface area contributed by atoms with Crippen LogP contribution in [0, 0.1) is 0 Å². The van der Waals surface area contributed by atoms with E-state index in [0.717, 1.165) is 0 Å². The van der Waals surface area contributed by atoms with E-state index in [2.05, 4.69) is 39.2 Å². The average molecular weight is 201 g/mol. The van der Waals surface area contributed by atoms with Crippen LogP contribution in [0.1, 0.15) is 27.7 Å². The first-order chi connectivity index (χ1) is 6.00. The third kappa shape index (κ3) is 4.27. The Balaban J connectivity index is 4.20. The summed E-state index contributed by atoms with van der Waals surface area (Å²) in [4.78, 5) is 2.07. The predicted octanol–water partition coefficient (Wildman–Crippen LogP) is 2.59. The first-order valence-electron chi connectivity index (χ1n) is 4.56. The van der Waals surface area contributed by atoms with Crippen molar-refractivity contribution in [1.29, 1.82) is 0 Å². The monoisotopic (exact) mass is 201 g/mol. The summed E-state index contributed by atoms with van der Waals surface area (Å²) >= 11 is 5.15. The standard InChI is InChI=1S/C10H19NOS/c1-6-7-12-10(13)11(8(2)3)9(4)5/h6,8-9H,1,7H2,2-5H3. The molecular formula is C10H19NOS. The molecule has 0 aliphatic rings. The number of ether oxygens (including phenoxy) is 1. The van der Waals surface area contributed by atoms with E-state index in [1.807, 2.05) is 0 Å². The van der Waals surface area contributed by atoms with Gasteiger partial charge in [0.2, 0.25) is 0 Å². The summed E-state index contributed by atoms with van der Waals surface area (Å²) in [6.07, 6.45) is 1.70. The lowest BCUT2D eigenvalue weighted by molar-refractivity contribution is 0.210. The van der Waals surface area contributed by atoms with Crippen molar-refractivity contribution in [2.24, 2.45) is 0 Å². The van der Waals surface area contributed by atoms with Crippen molar-refractivity contribution in [2.45, 2.75) is 39.8 Å². The van der Waals surface area contributed by atoms with Gasteiger partial charge in [0.1, 0.15) is 6.61 Å². The maximum absolute atomic E-state index is 5.32. The summed E-state index contributed by atoms with van der Waals surface area (Å²) in [7, 11) is 0. The van der Waals surface area contributed by atoms with Crippen molar-refractivity contribution in [1.82, 2.24) is 4.90 Å². The zero-order chi connectivity index (χ0) is 10.4. The van der Waals surface area contributed by atoms with Crippen molar-refractivity contribution in [3.8, 4) is 0 Å². The van der Waals surface area contributed by atoms with Crippen LogP contribution in [0.3, 0.4) is 0 Å². The summed E-state index contributed by atoms with van der Waals surface area (Å²) in [6, 6.07) is 0.745. The molecule has 76 valence electrons. The summed E-state index contributed by atoms with van der Waals surface area (Å²) in [6.45, 7) is 12.5. The van der Waals surface area contributed by atoms with Crippen molar-refractivity contribution in [3.63, 3.8) is 0 Å². The summed E-state index contributed by atoms with van der Waals surface area (Å²) in [5.41, 5.74) is 0. The SMILES string of the molecule is C=CCOC(=S)N(C(C)C)C(C)C. The fourth-order valence-corrected chi connectivity index (χ4v) is 1.71. The summed E-state index contributed by atoms with van der Waals surface area (Å²) in [5, 5.41) is 0.560. The van der Waals surface area contributed by atoms with Gasteiger partial charge in [-0.15, -0.1) is 0 Å². The molecular weight excluding hydrogens is 182 g/mol. The molecule has 0 aromatic carbocycles. The zero-order valence-electron chi connectivity index (χ0n) is 8.91. The lowest BCUT2D eigenvalue weighted by Gasteiger charge is -2.32. The molecule has 2 nitrogen and oxygen atoms in total. The van der Waals surface area contributed by atoms with Gasteiger partial charge in [-0.25, -0.2) is 0 Å². The summed E-state index contributed by atoms with van der Waals surface area (Å²) < 4.78 is 5.32. The van der Waals surface area contributed by atoms with Crippen LogP contribution in [0.4, 0.5) is 0 Å². The van der Waals surface area contributed by atoms with Crippen molar-refractivity contribution < 1.29 is 4.74 Å². The molecule has 0 spiro atoms. The second-order valence-electron chi connectivity index (χ2n) is 3.46. The van der Waals surface area contributed by atoms with Crippen molar-refractivity contribution in [2.75, 3.05) is 6.61 Å². The van der Waals surface area contributed by atoms with Crippen LogP contribution in [0.25, 0.3) is 0 Å². The largest absolute Gasteiger partial charge is 0.467 e. The van der Waals surface area contributed by atoms with Crippen LogP contribution < -0.4 is 0 Å². The van der Waals surface area contributed by atoms with Gasteiger partial charge in [-0.05, 0) is 39.9 Å². The highest BCUT2D eigenvalue weighted by molar-refractivity contribution is 7.80. The molecule has 0 radical (unpaired) electrons. The molecule has 13 heavy (non-hydrogen) atoms. The van der Waals surface area contributed by atoms with Crippen molar-refractivity contribution in [3.05, 3.63) is 12.7 Å². The third-order valence-electron chi connectivity index (χ3n) is 1.65. The third-order valence-corrected chi connectivity index (χ3v) is 1.98. The molecule has 0 aromatic rings. The predicted molar refractivity (Wildman–Crippen MR) is 60.9 cm³/mol. The topological polar surface area (TPSA) is 12.5 Å². The second-order valence-corrected chi connectivity index (χ2v) is 3.81. The highest BCUT2D eigenvalue weighted by Crippen LogP contribution is 2.07. The van der Waals surface area contributed by atoms with Crippen molar-refractivity contribution >= 4 is 17.4 Å². The Morgan fingerprint density at radius 2 is 1.85 bits per heavy atom. The lowest BCUT2D eigenvalue weighted by Crippen LogP contribution is -2.42. The Bertz CT molecular complexity index is 170. The Morgan fingerprint density at radius 3 is 2.15 bits per heavy atom. The van der Waals surface area contributed by atoms with E-state index in [4.69, 9.17) is 17.0 Å². The van der Waals surface area contributed by atoms with E-state index in [0.29, 0.717) is 23.9 Å². The number of hydrogen-bond donors (Lipinski definition) is 0. The molecule has 0 atom stereocenters. The Hall–Kier alpha value is -0.570. The minimum atomic E-state index is 0.373. The molecule has 0 aromatic heterocycles. The van der Waals surface area contributed by atoms with Gasteiger partial charge in [-0.1, -0.05) is 12.7 Å².